The molecule has 0 aromatic carbocycles. The van der Waals surface area contributed by atoms with Crippen LogP contribution in [0.2, 0.25) is 0 Å². The third-order valence-electron chi connectivity index (χ3n) is 9.45. The lowest BCUT2D eigenvalue weighted by Crippen LogP contribution is -2.95. The summed E-state index contributed by atoms with van der Waals surface area (Å²) in [6, 6.07) is 0.455. The maximum absolute atomic E-state index is 13.3. The van der Waals surface area contributed by atoms with Crippen molar-refractivity contribution in [1.82, 2.24) is 15.3 Å². The molecule has 5 aliphatic rings. The standard InChI is InChI=1S/C27H49N5O2S/c33-27(32-14-12-31(13-15-32)26-8-4-5-10-29-26)17-21-9-11-28-19-22(21)16-23-18-24(34-30-23)20-35-25-6-2-1-3-7-25/h21-26,28-30H,1-20H2/p+2. The number of piperidine rings is 2. The van der Waals surface area contributed by atoms with Crippen LogP contribution in [0.5, 0.6) is 0 Å². The zero-order valence-corrected chi connectivity index (χ0v) is 22.7. The van der Waals surface area contributed by atoms with Crippen molar-refractivity contribution < 1.29 is 20.3 Å². The van der Waals surface area contributed by atoms with Crippen LogP contribution in [0.25, 0.3) is 0 Å². The van der Waals surface area contributed by atoms with E-state index in [0.717, 1.165) is 56.4 Å². The highest BCUT2D eigenvalue weighted by Gasteiger charge is 2.36. The van der Waals surface area contributed by atoms with Crippen LogP contribution in [0, 0.1) is 11.8 Å². The molecule has 0 bridgehead atoms. The zero-order chi connectivity index (χ0) is 23.9. The summed E-state index contributed by atoms with van der Waals surface area (Å²) in [5, 5.41) is 5.85. The summed E-state index contributed by atoms with van der Waals surface area (Å²) in [5.74, 6) is 2.70. The molecule has 5 atom stereocenters. The number of amides is 1. The Morgan fingerprint density at radius 3 is 2.57 bits per heavy atom. The van der Waals surface area contributed by atoms with Gasteiger partial charge in [0.25, 0.3) is 0 Å². The summed E-state index contributed by atoms with van der Waals surface area (Å²) in [6.45, 7) is 7.57. The van der Waals surface area contributed by atoms with E-state index in [4.69, 9.17) is 4.84 Å². The van der Waals surface area contributed by atoms with E-state index >= 15 is 0 Å². The van der Waals surface area contributed by atoms with Crippen molar-refractivity contribution in [2.45, 2.75) is 101 Å². The van der Waals surface area contributed by atoms with Crippen LogP contribution in [0.3, 0.4) is 0 Å². The van der Waals surface area contributed by atoms with Gasteiger partial charge in [-0.3, -0.25) is 14.5 Å². The number of piperazine rings is 1. The summed E-state index contributed by atoms with van der Waals surface area (Å²) >= 11 is 2.15. The molecule has 1 saturated carbocycles. The molecule has 5 unspecified atom stereocenters. The van der Waals surface area contributed by atoms with Crippen LogP contribution in [0.1, 0.15) is 77.0 Å². The highest BCUT2D eigenvalue weighted by molar-refractivity contribution is 7.99. The topological polar surface area (TPSA) is 78.0 Å². The van der Waals surface area contributed by atoms with Crippen LogP contribution in [-0.4, -0.2) is 90.8 Å². The molecule has 7 nitrogen and oxygen atoms in total. The van der Waals surface area contributed by atoms with Gasteiger partial charge in [0.2, 0.25) is 5.91 Å². The average Bonchev–Trinajstić information content (AvgIpc) is 3.37. The number of quaternary nitrogens is 2. The molecule has 4 saturated heterocycles. The van der Waals surface area contributed by atoms with Gasteiger partial charge in [-0.1, -0.05) is 19.3 Å². The Bertz CT molecular complexity index is 649. The molecule has 5 N–H and O–H groups in total. The SMILES string of the molecule is O=C(CC1CC[NH2+]CC1CC1CC(CSC2CCCCC2)ON1)N1CCN(C2CCCC[NH2+]2)CC1. The molecule has 4 aliphatic heterocycles. The highest BCUT2D eigenvalue weighted by Crippen LogP contribution is 2.32. The van der Waals surface area contributed by atoms with Gasteiger partial charge in [-0.05, 0) is 44.4 Å². The van der Waals surface area contributed by atoms with Crippen molar-refractivity contribution >= 4 is 17.7 Å². The molecule has 0 aromatic rings. The summed E-state index contributed by atoms with van der Waals surface area (Å²) in [5.41, 5.74) is 3.38. The fourth-order valence-electron chi connectivity index (χ4n) is 7.26. The highest BCUT2D eigenvalue weighted by atomic mass is 32.2. The molecule has 35 heavy (non-hydrogen) atoms. The average molecular weight is 510 g/mol. The van der Waals surface area contributed by atoms with Gasteiger partial charge in [0, 0.05) is 68.4 Å². The van der Waals surface area contributed by atoms with Crippen molar-refractivity contribution in [2.24, 2.45) is 11.8 Å². The summed E-state index contributed by atoms with van der Waals surface area (Å²) in [6.07, 6.45) is 16.3. The number of carbonyl (C=O) groups is 1. The molecule has 0 aromatic heterocycles. The van der Waals surface area contributed by atoms with E-state index in [9.17, 15) is 4.79 Å². The molecule has 0 radical (unpaired) electrons. The number of thioether (sulfide) groups is 1. The fraction of sp³-hybridized carbons (Fsp3) is 0.963. The molecule has 1 amide bonds. The number of rotatable bonds is 8. The van der Waals surface area contributed by atoms with Gasteiger partial charge in [0.15, 0.2) is 0 Å². The molecular formula is C27H51N5O2S+2. The molecule has 5 fully saturated rings. The quantitative estimate of drug-likeness (QED) is 0.454. The number of nitrogens with zero attached hydrogens (tertiary/aromatic N) is 2. The van der Waals surface area contributed by atoms with E-state index in [0.29, 0.717) is 36.1 Å². The molecule has 200 valence electrons. The van der Waals surface area contributed by atoms with Crippen molar-refractivity contribution in [2.75, 3.05) is 51.6 Å². The Morgan fingerprint density at radius 2 is 1.77 bits per heavy atom. The number of hydrogen-bond donors (Lipinski definition) is 3. The van der Waals surface area contributed by atoms with Crippen LogP contribution >= 0.6 is 11.8 Å². The van der Waals surface area contributed by atoms with Gasteiger partial charge in [0.1, 0.15) is 6.17 Å². The van der Waals surface area contributed by atoms with Crippen LogP contribution in [0.4, 0.5) is 0 Å². The second-order valence-electron chi connectivity index (χ2n) is 11.9. The number of carbonyl (C=O) groups excluding carboxylic acids is 1. The van der Waals surface area contributed by atoms with Crippen molar-refractivity contribution in [1.29, 1.82) is 0 Å². The Balaban J connectivity index is 1.03. The minimum Gasteiger partial charge on any atom is -0.346 e. The van der Waals surface area contributed by atoms with Gasteiger partial charge in [-0.25, -0.2) is 0 Å². The van der Waals surface area contributed by atoms with E-state index < -0.39 is 0 Å². The molecule has 1 aliphatic carbocycles. The molecular weight excluding hydrogens is 458 g/mol. The van der Waals surface area contributed by atoms with Gasteiger partial charge < -0.3 is 15.5 Å². The predicted molar refractivity (Wildman–Crippen MR) is 141 cm³/mol. The van der Waals surface area contributed by atoms with Gasteiger partial charge in [0.05, 0.1) is 25.7 Å². The third-order valence-corrected chi connectivity index (χ3v) is 11.0. The minimum atomic E-state index is 0.359. The predicted octanol–water partition coefficient (Wildman–Crippen LogP) is 0.912. The van der Waals surface area contributed by atoms with Gasteiger partial charge >= 0.3 is 0 Å². The lowest BCUT2D eigenvalue weighted by Gasteiger charge is -2.40. The monoisotopic (exact) mass is 509 g/mol. The van der Waals surface area contributed by atoms with Crippen LogP contribution in [0.15, 0.2) is 0 Å². The minimum absolute atomic E-state index is 0.359. The van der Waals surface area contributed by atoms with Crippen LogP contribution in [-0.2, 0) is 9.63 Å². The van der Waals surface area contributed by atoms with E-state index in [-0.39, 0.29) is 0 Å². The van der Waals surface area contributed by atoms with E-state index in [1.807, 2.05) is 0 Å². The Morgan fingerprint density at radius 1 is 0.943 bits per heavy atom. The largest absolute Gasteiger partial charge is 0.346 e. The lowest BCUT2D eigenvalue weighted by atomic mass is 9.79. The lowest BCUT2D eigenvalue weighted by molar-refractivity contribution is -0.717. The Labute approximate surface area is 217 Å². The number of nitrogens with one attached hydrogen (secondary N) is 1. The summed E-state index contributed by atoms with van der Waals surface area (Å²) < 4.78 is 0. The van der Waals surface area contributed by atoms with E-state index in [1.165, 1.54) is 77.4 Å². The number of hydrogen-bond acceptors (Lipinski definition) is 5. The zero-order valence-electron chi connectivity index (χ0n) is 21.9. The summed E-state index contributed by atoms with van der Waals surface area (Å²) in [7, 11) is 0. The van der Waals surface area contributed by atoms with Crippen LogP contribution < -0.4 is 16.1 Å². The number of hydroxylamine groups is 1. The van der Waals surface area contributed by atoms with Gasteiger partial charge in [-0.2, -0.15) is 17.2 Å². The molecule has 5 rings (SSSR count). The summed E-state index contributed by atoms with van der Waals surface area (Å²) in [4.78, 5) is 24.1. The molecule has 8 heteroatoms. The molecule has 0 spiro atoms. The first-order valence-corrected chi connectivity index (χ1v) is 16.0. The first-order chi connectivity index (χ1) is 17.2. The smallest absolute Gasteiger partial charge is 0.222 e. The Hall–Kier alpha value is -0.380. The van der Waals surface area contributed by atoms with E-state index in [1.54, 1.807) is 0 Å². The maximum Gasteiger partial charge on any atom is 0.222 e. The normalized spacial score (nSPS) is 35.9. The number of nitrogens with two attached hydrogens (primary N) is 2. The van der Waals surface area contributed by atoms with E-state index in [2.05, 4.69) is 37.7 Å². The first kappa shape index (κ1) is 26.2. The first-order valence-electron chi connectivity index (χ1n) is 14.9. The second-order valence-corrected chi connectivity index (χ2v) is 13.3. The van der Waals surface area contributed by atoms with Crippen molar-refractivity contribution in [3.8, 4) is 0 Å². The Kier molecular flexibility index (Phi) is 10.1. The molecule has 4 heterocycles. The third kappa shape index (κ3) is 7.57. The maximum atomic E-state index is 13.3. The van der Waals surface area contributed by atoms with Gasteiger partial charge in [-0.15, -0.1) is 0 Å². The fourth-order valence-corrected chi connectivity index (χ4v) is 8.61. The van der Waals surface area contributed by atoms with Crippen molar-refractivity contribution in [3.05, 3.63) is 0 Å². The van der Waals surface area contributed by atoms with Crippen molar-refractivity contribution in [3.63, 3.8) is 0 Å². The second kappa shape index (κ2) is 13.4.